The maximum absolute atomic E-state index is 12.0. The van der Waals surface area contributed by atoms with Crippen LogP contribution in [0.1, 0.15) is 27.8 Å². The summed E-state index contributed by atoms with van der Waals surface area (Å²) in [5.74, 6) is -0.604. The molecule has 0 atom stereocenters. The Bertz CT molecular complexity index is 749. The van der Waals surface area contributed by atoms with Crippen LogP contribution in [0.2, 0.25) is 0 Å². The minimum Gasteiger partial charge on any atom is -0.459 e. The van der Waals surface area contributed by atoms with Gasteiger partial charge in [-0.15, -0.1) is 0 Å². The molecular weight excluding hydrogens is 322 g/mol. The van der Waals surface area contributed by atoms with Crippen LogP contribution in [0.5, 0.6) is 0 Å². The second kappa shape index (κ2) is 9.07. The van der Waals surface area contributed by atoms with Crippen molar-refractivity contribution in [3.05, 3.63) is 66.1 Å². The number of hydrogen-bond donors (Lipinski definition) is 3. The largest absolute Gasteiger partial charge is 0.459 e. The lowest BCUT2D eigenvalue weighted by Crippen LogP contribution is -2.34. The molecule has 0 fully saturated rings. The molecule has 3 amide bonds. The first-order valence-electron chi connectivity index (χ1n) is 7.74. The zero-order chi connectivity index (χ0) is 18.1. The lowest BCUT2D eigenvalue weighted by atomic mass is 10.2. The molecule has 0 aliphatic heterocycles. The zero-order valence-electron chi connectivity index (χ0n) is 13.7. The maximum atomic E-state index is 12.0. The monoisotopic (exact) mass is 341 g/mol. The van der Waals surface area contributed by atoms with Gasteiger partial charge in [-0.05, 0) is 49.4 Å². The van der Waals surface area contributed by atoms with E-state index < -0.39 is 0 Å². The highest BCUT2D eigenvalue weighted by Crippen LogP contribution is 2.09. The normalized spacial score (nSPS) is 10.4. The molecule has 0 saturated heterocycles. The first-order valence-corrected chi connectivity index (χ1v) is 7.74. The number of carbonyl (C=O) groups excluding carboxylic acids is 3. The van der Waals surface area contributed by atoms with Crippen LogP contribution in [0, 0.1) is 0 Å². The molecule has 2 aromatic rings. The van der Waals surface area contributed by atoms with Gasteiger partial charge in [0.2, 0.25) is 5.91 Å². The van der Waals surface area contributed by atoms with Crippen molar-refractivity contribution in [2.45, 2.75) is 6.92 Å². The molecule has 0 bridgehead atoms. The van der Waals surface area contributed by atoms with E-state index in [0.29, 0.717) is 11.3 Å². The third-order valence-corrected chi connectivity index (χ3v) is 3.17. The van der Waals surface area contributed by atoms with E-state index in [1.807, 2.05) is 0 Å². The van der Waals surface area contributed by atoms with E-state index in [4.69, 9.17) is 4.42 Å². The van der Waals surface area contributed by atoms with Gasteiger partial charge in [0.15, 0.2) is 5.76 Å². The summed E-state index contributed by atoms with van der Waals surface area (Å²) in [5, 5.41) is 8.00. The predicted octanol–water partition coefficient (Wildman–Crippen LogP) is 1.95. The quantitative estimate of drug-likeness (QED) is 0.529. The number of anilines is 1. The molecule has 1 aromatic carbocycles. The van der Waals surface area contributed by atoms with E-state index in [-0.39, 0.29) is 36.6 Å². The Balaban J connectivity index is 1.75. The molecule has 0 aliphatic carbocycles. The second-order valence-electron chi connectivity index (χ2n) is 5.06. The predicted molar refractivity (Wildman–Crippen MR) is 93.3 cm³/mol. The Labute approximate surface area is 145 Å². The first kappa shape index (κ1) is 18.0. The maximum Gasteiger partial charge on any atom is 0.287 e. The number of nitrogens with one attached hydrogen (secondary N) is 3. The number of amides is 3. The van der Waals surface area contributed by atoms with Crippen LogP contribution in [-0.4, -0.2) is 30.8 Å². The highest BCUT2D eigenvalue weighted by molar-refractivity contribution is 6.00. The topological polar surface area (TPSA) is 100 Å². The van der Waals surface area contributed by atoms with E-state index in [1.54, 1.807) is 49.4 Å². The fourth-order valence-corrected chi connectivity index (χ4v) is 1.99. The van der Waals surface area contributed by atoms with Crippen molar-refractivity contribution < 1.29 is 18.8 Å². The van der Waals surface area contributed by atoms with Crippen molar-refractivity contribution in [2.24, 2.45) is 0 Å². The SMILES string of the molecule is C/C=C/C(=O)Nc1ccc(C(=O)NCCNC(=O)c2ccco2)cc1. The van der Waals surface area contributed by atoms with Crippen LogP contribution in [0.25, 0.3) is 0 Å². The number of benzene rings is 1. The average Bonchev–Trinajstić information content (AvgIpc) is 3.14. The van der Waals surface area contributed by atoms with E-state index in [2.05, 4.69) is 16.0 Å². The van der Waals surface area contributed by atoms with Gasteiger partial charge in [0.1, 0.15) is 0 Å². The van der Waals surface area contributed by atoms with E-state index in [0.717, 1.165) is 0 Å². The molecule has 25 heavy (non-hydrogen) atoms. The van der Waals surface area contributed by atoms with Gasteiger partial charge >= 0.3 is 0 Å². The number of rotatable bonds is 7. The van der Waals surface area contributed by atoms with Gasteiger partial charge in [-0.1, -0.05) is 6.08 Å². The molecular formula is C18H19N3O4. The van der Waals surface area contributed by atoms with Crippen LogP contribution >= 0.6 is 0 Å². The molecule has 0 radical (unpaired) electrons. The molecule has 0 spiro atoms. The highest BCUT2D eigenvalue weighted by Gasteiger charge is 2.08. The second-order valence-corrected chi connectivity index (χ2v) is 5.06. The fourth-order valence-electron chi connectivity index (χ4n) is 1.99. The molecule has 1 heterocycles. The van der Waals surface area contributed by atoms with Crippen LogP contribution in [0.4, 0.5) is 5.69 Å². The summed E-state index contributed by atoms with van der Waals surface area (Å²) in [4.78, 5) is 35.1. The summed E-state index contributed by atoms with van der Waals surface area (Å²) in [6, 6.07) is 9.71. The van der Waals surface area contributed by atoms with Gasteiger partial charge in [-0.2, -0.15) is 0 Å². The Morgan fingerprint density at radius 1 is 1.00 bits per heavy atom. The Kier molecular flexibility index (Phi) is 6.53. The van der Waals surface area contributed by atoms with Crippen molar-refractivity contribution in [3.8, 4) is 0 Å². The lowest BCUT2D eigenvalue weighted by molar-refractivity contribution is -0.111. The van der Waals surface area contributed by atoms with Crippen molar-refractivity contribution in [1.29, 1.82) is 0 Å². The third-order valence-electron chi connectivity index (χ3n) is 3.17. The molecule has 130 valence electrons. The first-order chi connectivity index (χ1) is 12.1. The molecule has 3 N–H and O–H groups in total. The number of allylic oxidation sites excluding steroid dienone is 1. The zero-order valence-corrected chi connectivity index (χ0v) is 13.7. The van der Waals surface area contributed by atoms with E-state index >= 15 is 0 Å². The number of carbonyl (C=O) groups is 3. The standard InChI is InChI=1S/C18H19N3O4/c1-2-4-16(22)21-14-8-6-13(7-9-14)17(23)19-10-11-20-18(24)15-5-3-12-25-15/h2-9,12H,10-11H2,1H3,(H,19,23)(H,20,24)(H,21,22)/b4-2+. The lowest BCUT2D eigenvalue weighted by Gasteiger charge is -2.07. The van der Waals surface area contributed by atoms with E-state index in [9.17, 15) is 14.4 Å². The molecule has 7 nitrogen and oxygen atoms in total. The summed E-state index contributed by atoms with van der Waals surface area (Å²) < 4.78 is 4.96. The van der Waals surface area contributed by atoms with Crippen LogP contribution in [0.15, 0.2) is 59.2 Å². The van der Waals surface area contributed by atoms with Crippen molar-refractivity contribution in [3.63, 3.8) is 0 Å². The van der Waals surface area contributed by atoms with Crippen molar-refractivity contribution in [1.82, 2.24) is 10.6 Å². The minimum atomic E-state index is -0.333. The number of hydrogen-bond acceptors (Lipinski definition) is 4. The Hall–Kier alpha value is -3.35. The summed E-state index contributed by atoms with van der Waals surface area (Å²) >= 11 is 0. The molecule has 0 aliphatic rings. The van der Waals surface area contributed by atoms with Gasteiger partial charge in [0.25, 0.3) is 11.8 Å². The molecule has 0 saturated carbocycles. The third kappa shape index (κ3) is 5.65. The van der Waals surface area contributed by atoms with Crippen LogP contribution < -0.4 is 16.0 Å². The molecule has 2 rings (SSSR count). The molecule has 1 aromatic heterocycles. The summed E-state index contributed by atoms with van der Waals surface area (Å²) in [5.41, 5.74) is 1.06. The van der Waals surface area contributed by atoms with Crippen molar-refractivity contribution in [2.75, 3.05) is 18.4 Å². The van der Waals surface area contributed by atoms with Gasteiger partial charge in [0, 0.05) is 24.3 Å². The Morgan fingerprint density at radius 2 is 1.68 bits per heavy atom. The minimum absolute atomic E-state index is 0.224. The molecule has 7 heteroatoms. The molecule has 0 unspecified atom stereocenters. The summed E-state index contributed by atoms with van der Waals surface area (Å²) in [6.45, 7) is 2.32. The number of furan rings is 1. The van der Waals surface area contributed by atoms with Gasteiger partial charge < -0.3 is 20.4 Å². The van der Waals surface area contributed by atoms with Gasteiger partial charge in [-0.3, -0.25) is 14.4 Å². The smallest absolute Gasteiger partial charge is 0.287 e. The van der Waals surface area contributed by atoms with Crippen molar-refractivity contribution >= 4 is 23.4 Å². The van der Waals surface area contributed by atoms with E-state index in [1.165, 1.54) is 12.3 Å². The Morgan fingerprint density at radius 3 is 2.28 bits per heavy atom. The van der Waals surface area contributed by atoms with Crippen LogP contribution in [0.3, 0.4) is 0 Å². The van der Waals surface area contributed by atoms with Crippen LogP contribution in [-0.2, 0) is 4.79 Å². The van der Waals surface area contributed by atoms with Gasteiger partial charge in [0.05, 0.1) is 6.26 Å². The highest BCUT2D eigenvalue weighted by atomic mass is 16.3. The fraction of sp³-hybridized carbons (Fsp3) is 0.167. The average molecular weight is 341 g/mol. The van der Waals surface area contributed by atoms with Gasteiger partial charge in [-0.25, -0.2) is 0 Å². The summed E-state index contributed by atoms with van der Waals surface area (Å²) in [7, 11) is 0. The summed E-state index contributed by atoms with van der Waals surface area (Å²) in [6.07, 6.45) is 4.47.